The van der Waals surface area contributed by atoms with Gasteiger partial charge in [-0.2, -0.15) is 0 Å². The Morgan fingerprint density at radius 1 is 1.08 bits per heavy atom. The molecular weight excluding hydrogens is 358 g/mol. The number of hydrogen-bond acceptors (Lipinski definition) is 4. The van der Waals surface area contributed by atoms with Crippen LogP contribution in [0.4, 0.5) is 0 Å². The first-order valence-corrected chi connectivity index (χ1v) is 8.19. The summed E-state index contributed by atoms with van der Waals surface area (Å²) in [6.07, 6.45) is -0.160. The van der Waals surface area contributed by atoms with Gasteiger partial charge in [-0.15, -0.1) is 0 Å². The summed E-state index contributed by atoms with van der Waals surface area (Å²) in [5, 5.41) is 10.6. The summed E-state index contributed by atoms with van der Waals surface area (Å²) >= 11 is 6.29. The van der Waals surface area contributed by atoms with Gasteiger partial charge in [-0.25, -0.2) is 0 Å². The fourth-order valence-corrected chi connectivity index (χ4v) is 3.32. The lowest BCUT2D eigenvalue weighted by molar-refractivity contribution is -0.136. The molecule has 1 aromatic heterocycles. The molecule has 7 heteroatoms. The number of nitrogens with one attached hydrogen (secondary N) is 1. The van der Waals surface area contributed by atoms with Gasteiger partial charge in [0.25, 0.3) is 0 Å². The molecule has 6 nitrogen and oxygen atoms in total. The SMILES string of the molecule is COc1ccc(-c2[nH]c3c(Cl)cccc3c2CC(=O)O)c(OC)c1OC. The van der Waals surface area contributed by atoms with Crippen molar-refractivity contribution in [3.63, 3.8) is 0 Å². The highest BCUT2D eigenvalue weighted by Crippen LogP contribution is 2.46. The lowest BCUT2D eigenvalue weighted by Crippen LogP contribution is -2.02. The van der Waals surface area contributed by atoms with Crippen molar-refractivity contribution in [3.8, 4) is 28.5 Å². The Morgan fingerprint density at radius 2 is 1.81 bits per heavy atom. The van der Waals surface area contributed by atoms with E-state index < -0.39 is 5.97 Å². The molecule has 0 aliphatic rings. The van der Waals surface area contributed by atoms with Crippen LogP contribution in [0.2, 0.25) is 5.02 Å². The molecule has 26 heavy (non-hydrogen) atoms. The largest absolute Gasteiger partial charge is 0.493 e. The fourth-order valence-electron chi connectivity index (χ4n) is 3.10. The van der Waals surface area contributed by atoms with Gasteiger partial charge in [-0.3, -0.25) is 4.79 Å². The van der Waals surface area contributed by atoms with Gasteiger partial charge in [0.2, 0.25) is 5.75 Å². The van der Waals surface area contributed by atoms with Crippen molar-refractivity contribution >= 4 is 28.5 Å². The first-order chi connectivity index (χ1) is 12.5. The van der Waals surface area contributed by atoms with Crippen LogP contribution in [0.25, 0.3) is 22.2 Å². The number of aromatic nitrogens is 1. The van der Waals surface area contributed by atoms with Crippen molar-refractivity contribution in [3.05, 3.63) is 40.9 Å². The molecule has 0 amide bonds. The highest BCUT2D eigenvalue weighted by atomic mass is 35.5. The Morgan fingerprint density at radius 3 is 2.42 bits per heavy atom. The third kappa shape index (κ3) is 2.93. The minimum Gasteiger partial charge on any atom is -0.493 e. The topological polar surface area (TPSA) is 80.8 Å². The molecule has 3 rings (SSSR count). The maximum absolute atomic E-state index is 11.4. The molecule has 0 aliphatic carbocycles. The molecule has 0 atom stereocenters. The van der Waals surface area contributed by atoms with Crippen molar-refractivity contribution in [2.75, 3.05) is 21.3 Å². The number of fused-ring (bicyclic) bond motifs is 1. The molecule has 1 heterocycles. The van der Waals surface area contributed by atoms with Crippen molar-refractivity contribution in [2.24, 2.45) is 0 Å². The van der Waals surface area contributed by atoms with Gasteiger partial charge in [0.05, 0.1) is 44.0 Å². The molecule has 0 unspecified atom stereocenters. The van der Waals surface area contributed by atoms with E-state index in [1.54, 1.807) is 24.3 Å². The maximum atomic E-state index is 11.4. The minimum atomic E-state index is -0.938. The number of halogens is 1. The normalized spacial score (nSPS) is 10.8. The molecule has 0 saturated carbocycles. The molecule has 0 fully saturated rings. The van der Waals surface area contributed by atoms with Crippen LogP contribution in [0, 0.1) is 0 Å². The van der Waals surface area contributed by atoms with Crippen LogP contribution in [0.1, 0.15) is 5.56 Å². The molecule has 0 radical (unpaired) electrons. The zero-order chi connectivity index (χ0) is 18.8. The van der Waals surface area contributed by atoms with Gasteiger partial charge in [0.15, 0.2) is 11.5 Å². The number of aliphatic carboxylic acids is 1. The van der Waals surface area contributed by atoms with E-state index in [0.29, 0.717) is 44.6 Å². The second kappa shape index (κ2) is 7.17. The van der Waals surface area contributed by atoms with Crippen LogP contribution < -0.4 is 14.2 Å². The third-order valence-corrected chi connectivity index (χ3v) is 4.51. The summed E-state index contributed by atoms with van der Waals surface area (Å²) in [6.45, 7) is 0. The predicted octanol–water partition coefficient (Wildman–Crippen LogP) is 4.14. The van der Waals surface area contributed by atoms with Crippen LogP contribution in [-0.2, 0) is 11.2 Å². The lowest BCUT2D eigenvalue weighted by Gasteiger charge is -2.16. The van der Waals surface area contributed by atoms with Gasteiger partial charge >= 0.3 is 5.97 Å². The number of H-pyrrole nitrogens is 1. The van der Waals surface area contributed by atoms with Gasteiger partial charge in [-0.05, 0) is 23.8 Å². The summed E-state index contributed by atoms with van der Waals surface area (Å²) in [5.41, 5.74) is 2.58. The summed E-state index contributed by atoms with van der Waals surface area (Å²) in [6, 6.07) is 8.92. The summed E-state index contributed by atoms with van der Waals surface area (Å²) in [7, 11) is 4.58. The average Bonchev–Trinajstić information content (AvgIpc) is 2.99. The van der Waals surface area contributed by atoms with Gasteiger partial charge in [0, 0.05) is 10.9 Å². The fraction of sp³-hybridized carbons (Fsp3) is 0.211. The first kappa shape index (κ1) is 17.9. The summed E-state index contributed by atoms with van der Waals surface area (Å²) < 4.78 is 16.3. The highest BCUT2D eigenvalue weighted by Gasteiger charge is 2.23. The minimum absolute atomic E-state index is 0.160. The quantitative estimate of drug-likeness (QED) is 0.676. The zero-order valence-corrected chi connectivity index (χ0v) is 15.3. The Kier molecular flexibility index (Phi) is 4.95. The first-order valence-electron chi connectivity index (χ1n) is 7.82. The maximum Gasteiger partial charge on any atom is 0.307 e. The Balaban J connectivity index is 2.35. The van der Waals surface area contributed by atoms with E-state index in [1.807, 2.05) is 6.07 Å². The summed E-state index contributed by atoms with van der Waals surface area (Å²) in [4.78, 5) is 14.7. The Labute approximate surface area is 155 Å². The molecule has 2 N–H and O–H groups in total. The standard InChI is InChI=1S/C19H18ClNO5/c1-24-14-8-7-11(18(25-2)19(14)26-3)16-12(9-15(22)23)10-5-4-6-13(20)17(10)21-16/h4-8,21H,9H2,1-3H3,(H,22,23). The number of aromatic amines is 1. The van der Waals surface area contributed by atoms with E-state index in [2.05, 4.69) is 4.98 Å². The molecule has 2 aromatic carbocycles. The highest BCUT2D eigenvalue weighted by molar-refractivity contribution is 6.35. The second-order valence-corrected chi connectivity index (χ2v) is 6.00. The second-order valence-electron chi connectivity index (χ2n) is 5.59. The van der Waals surface area contributed by atoms with Gasteiger partial charge in [0.1, 0.15) is 0 Å². The van der Waals surface area contributed by atoms with Crippen LogP contribution in [0.15, 0.2) is 30.3 Å². The Bertz CT molecular complexity index is 980. The molecular formula is C19H18ClNO5. The number of para-hydroxylation sites is 1. The number of methoxy groups -OCH3 is 3. The number of ether oxygens (including phenoxy) is 3. The van der Waals surface area contributed by atoms with Gasteiger partial charge < -0.3 is 24.3 Å². The molecule has 0 aliphatic heterocycles. The van der Waals surface area contributed by atoms with Crippen LogP contribution in [-0.4, -0.2) is 37.4 Å². The smallest absolute Gasteiger partial charge is 0.307 e. The van der Waals surface area contributed by atoms with Gasteiger partial charge in [-0.1, -0.05) is 23.7 Å². The van der Waals surface area contributed by atoms with Crippen molar-refractivity contribution in [1.82, 2.24) is 4.98 Å². The number of benzene rings is 2. The number of carboxylic acid groups (broad SMARTS) is 1. The van der Waals surface area contributed by atoms with Crippen LogP contribution in [0.5, 0.6) is 17.2 Å². The van der Waals surface area contributed by atoms with Crippen LogP contribution in [0.3, 0.4) is 0 Å². The van der Waals surface area contributed by atoms with E-state index in [-0.39, 0.29) is 6.42 Å². The molecule has 136 valence electrons. The number of carbonyl (C=O) groups is 1. The Hall–Kier alpha value is -2.86. The van der Waals surface area contributed by atoms with E-state index in [1.165, 1.54) is 21.3 Å². The molecule has 0 saturated heterocycles. The van der Waals surface area contributed by atoms with Crippen LogP contribution >= 0.6 is 11.6 Å². The molecule has 0 bridgehead atoms. The van der Waals surface area contributed by atoms with Crippen molar-refractivity contribution in [2.45, 2.75) is 6.42 Å². The van der Waals surface area contributed by atoms with E-state index in [4.69, 9.17) is 25.8 Å². The monoisotopic (exact) mass is 375 g/mol. The number of carboxylic acids is 1. The van der Waals surface area contributed by atoms with E-state index in [9.17, 15) is 9.90 Å². The van der Waals surface area contributed by atoms with Crippen molar-refractivity contribution < 1.29 is 24.1 Å². The number of hydrogen-bond donors (Lipinski definition) is 2. The molecule has 3 aromatic rings. The molecule has 0 spiro atoms. The average molecular weight is 376 g/mol. The zero-order valence-electron chi connectivity index (χ0n) is 14.6. The lowest BCUT2D eigenvalue weighted by atomic mass is 10.0. The van der Waals surface area contributed by atoms with E-state index in [0.717, 1.165) is 5.39 Å². The van der Waals surface area contributed by atoms with Crippen molar-refractivity contribution in [1.29, 1.82) is 0 Å². The predicted molar refractivity (Wildman–Crippen MR) is 99.7 cm³/mol. The summed E-state index contributed by atoms with van der Waals surface area (Å²) in [5.74, 6) is 0.452. The van der Waals surface area contributed by atoms with E-state index >= 15 is 0 Å². The number of rotatable bonds is 6. The third-order valence-electron chi connectivity index (χ3n) is 4.19.